The fraction of sp³-hybridized carbons (Fsp3) is 0.100. The van der Waals surface area contributed by atoms with Crippen molar-refractivity contribution in [3.63, 3.8) is 0 Å². The van der Waals surface area contributed by atoms with E-state index >= 15 is 0 Å². The highest BCUT2D eigenvalue weighted by Crippen LogP contribution is 2.24. The lowest BCUT2D eigenvalue weighted by Crippen LogP contribution is -2.13. The molecule has 0 amide bonds. The molecule has 0 aliphatic heterocycles. The van der Waals surface area contributed by atoms with Gasteiger partial charge in [0.25, 0.3) is 0 Å². The fourth-order valence-electron chi connectivity index (χ4n) is 1.54. The molecule has 3 nitrogen and oxygen atoms in total. The lowest BCUT2D eigenvalue weighted by Gasteiger charge is -2.05. The van der Waals surface area contributed by atoms with Gasteiger partial charge < -0.3 is 0 Å². The van der Waals surface area contributed by atoms with Crippen molar-refractivity contribution >= 4 is 29.0 Å². The third-order valence-corrected chi connectivity index (χ3v) is 4.04. The largest absolute Gasteiger partial charge is 0.238 e. The van der Waals surface area contributed by atoms with Crippen LogP contribution in [-0.2, 0) is 10.0 Å². The minimum absolute atomic E-state index is 0.211. The Morgan fingerprint density at radius 1 is 1.27 bits per heavy atom. The molecule has 2 aromatic rings. The molecule has 1 aromatic heterocycles. The molecule has 0 unspecified atom stereocenters. The summed E-state index contributed by atoms with van der Waals surface area (Å²) >= 11 is 0. The number of hydrogen-bond acceptors (Lipinski definition) is 2. The summed E-state index contributed by atoms with van der Waals surface area (Å²) in [6.07, 6.45) is 0. The predicted octanol–water partition coefficient (Wildman–Crippen LogP) is 2.38. The van der Waals surface area contributed by atoms with Crippen LogP contribution < -0.4 is 5.14 Å². The van der Waals surface area contributed by atoms with Gasteiger partial charge in [0.05, 0.1) is 4.90 Å². The molecule has 2 N–H and O–H groups in total. The van der Waals surface area contributed by atoms with Crippen LogP contribution in [0.4, 0.5) is 0 Å². The standard InChI is InChI=1S/C10H10NO2PS/c1-7-4-8-2-3-14-6-9(8)5-10(7)15(11,12)13/h2-6H,1H3,(H2,11,12,13). The first-order valence-electron chi connectivity index (χ1n) is 4.35. The smallest absolute Gasteiger partial charge is 0.225 e. The van der Waals surface area contributed by atoms with Crippen LogP contribution in [0.3, 0.4) is 0 Å². The van der Waals surface area contributed by atoms with Crippen molar-refractivity contribution in [3.8, 4) is 0 Å². The van der Waals surface area contributed by atoms with Gasteiger partial charge in [0, 0.05) is 0 Å². The first-order chi connectivity index (χ1) is 6.98. The van der Waals surface area contributed by atoms with Crippen molar-refractivity contribution in [2.24, 2.45) is 5.14 Å². The molecule has 0 saturated carbocycles. The number of rotatable bonds is 1. The third kappa shape index (κ3) is 2.02. The molecule has 5 heteroatoms. The monoisotopic (exact) mass is 239 g/mol. The van der Waals surface area contributed by atoms with Crippen molar-refractivity contribution in [2.45, 2.75) is 11.8 Å². The Morgan fingerprint density at radius 2 is 2.00 bits per heavy atom. The van der Waals surface area contributed by atoms with Gasteiger partial charge in [-0.2, -0.15) is 0 Å². The number of nitrogens with two attached hydrogens (primary N) is 1. The Kier molecular flexibility index (Phi) is 2.51. The van der Waals surface area contributed by atoms with E-state index in [1.807, 2.05) is 23.7 Å². The normalized spacial score (nSPS) is 12.4. The number of fused-ring (bicyclic) bond motifs is 1. The highest BCUT2D eigenvalue weighted by atomic mass is 32.2. The molecule has 2 rings (SSSR count). The summed E-state index contributed by atoms with van der Waals surface area (Å²) in [4.78, 5) is 0.211. The Bertz CT molecular complexity index is 622. The summed E-state index contributed by atoms with van der Waals surface area (Å²) in [6, 6.07) is 5.46. The Labute approximate surface area is 90.1 Å². The molecule has 0 radical (unpaired) electrons. The van der Waals surface area contributed by atoms with Crippen LogP contribution in [0.15, 0.2) is 34.7 Å². The average molecular weight is 239 g/mol. The first-order valence-corrected chi connectivity index (χ1v) is 6.93. The van der Waals surface area contributed by atoms with Gasteiger partial charge in [-0.1, -0.05) is 14.3 Å². The Morgan fingerprint density at radius 3 is 2.67 bits per heavy atom. The van der Waals surface area contributed by atoms with Gasteiger partial charge >= 0.3 is 0 Å². The molecule has 78 valence electrons. The summed E-state index contributed by atoms with van der Waals surface area (Å²) in [7, 11) is -2.55. The number of sulfonamides is 1. The van der Waals surface area contributed by atoms with E-state index in [2.05, 4.69) is 0 Å². The second kappa shape index (κ2) is 3.56. The molecular weight excluding hydrogens is 229 g/mol. The maximum absolute atomic E-state index is 11.3. The van der Waals surface area contributed by atoms with Crippen LogP contribution in [0.2, 0.25) is 0 Å². The zero-order valence-electron chi connectivity index (χ0n) is 8.14. The van der Waals surface area contributed by atoms with Gasteiger partial charge in [-0.25, -0.2) is 13.6 Å². The van der Waals surface area contributed by atoms with E-state index in [-0.39, 0.29) is 4.90 Å². The van der Waals surface area contributed by atoms with Crippen LogP contribution in [0.5, 0.6) is 0 Å². The van der Waals surface area contributed by atoms with Gasteiger partial charge in [-0.05, 0) is 47.0 Å². The molecule has 0 spiro atoms. The minimum Gasteiger partial charge on any atom is -0.225 e. The van der Waals surface area contributed by atoms with E-state index in [0.717, 1.165) is 19.0 Å². The average Bonchev–Trinajstić information content (AvgIpc) is 2.15. The van der Waals surface area contributed by atoms with Gasteiger partial charge in [-0.3, -0.25) is 0 Å². The van der Waals surface area contributed by atoms with Crippen LogP contribution in [0.25, 0.3) is 10.8 Å². The molecular formula is C10H10NO2PS. The lowest BCUT2D eigenvalue weighted by molar-refractivity contribution is 0.597. The van der Waals surface area contributed by atoms with Crippen LogP contribution in [0.1, 0.15) is 5.56 Å². The lowest BCUT2D eigenvalue weighted by atomic mass is 10.1. The van der Waals surface area contributed by atoms with Crippen LogP contribution >= 0.6 is 8.19 Å². The summed E-state index contributed by atoms with van der Waals surface area (Å²) in [5, 5.41) is 7.09. The van der Waals surface area contributed by atoms with Gasteiger partial charge in [0.2, 0.25) is 10.0 Å². The van der Waals surface area contributed by atoms with E-state index in [1.54, 1.807) is 13.0 Å². The molecule has 0 saturated heterocycles. The molecule has 1 heterocycles. The quantitative estimate of drug-likeness (QED) is 0.830. The maximum Gasteiger partial charge on any atom is 0.238 e. The van der Waals surface area contributed by atoms with Crippen molar-refractivity contribution in [2.75, 3.05) is 0 Å². The van der Waals surface area contributed by atoms with Crippen molar-refractivity contribution in [1.82, 2.24) is 0 Å². The van der Waals surface area contributed by atoms with Crippen LogP contribution in [0, 0.1) is 6.92 Å². The van der Waals surface area contributed by atoms with E-state index < -0.39 is 10.0 Å². The predicted molar refractivity (Wildman–Crippen MR) is 62.6 cm³/mol. The highest BCUT2D eigenvalue weighted by molar-refractivity contribution is 7.89. The van der Waals surface area contributed by atoms with E-state index in [9.17, 15) is 8.42 Å². The molecule has 0 bridgehead atoms. The van der Waals surface area contributed by atoms with Gasteiger partial charge in [0.1, 0.15) is 0 Å². The maximum atomic E-state index is 11.3. The zero-order chi connectivity index (χ0) is 11.1. The molecule has 0 fully saturated rings. The SMILES string of the molecule is Cc1cc2ccpcc2cc1S(N)(=O)=O. The Hall–Kier alpha value is -0.960. The van der Waals surface area contributed by atoms with E-state index in [4.69, 9.17) is 5.14 Å². The highest BCUT2D eigenvalue weighted by Gasteiger charge is 2.11. The minimum atomic E-state index is -3.61. The van der Waals surface area contributed by atoms with Gasteiger partial charge in [0.15, 0.2) is 0 Å². The Balaban J connectivity index is 2.84. The molecule has 0 aliphatic carbocycles. The summed E-state index contributed by atoms with van der Waals surface area (Å²) < 4.78 is 22.6. The molecule has 0 atom stereocenters. The molecule has 0 aliphatic rings. The summed E-state index contributed by atoms with van der Waals surface area (Å²) in [6.45, 7) is 1.75. The number of primary sulfonamides is 1. The van der Waals surface area contributed by atoms with Gasteiger partial charge in [-0.15, -0.1) is 0 Å². The second-order valence-corrected chi connectivity index (χ2v) is 5.77. The summed E-state index contributed by atoms with van der Waals surface area (Å²) in [5.41, 5.74) is 0.688. The topological polar surface area (TPSA) is 60.2 Å². The number of benzene rings is 1. The first kappa shape index (κ1) is 10.6. The van der Waals surface area contributed by atoms with Crippen LogP contribution in [-0.4, -0.2) is 8.42 Å². The molecule has 1 aromatic carbocycles. The van der Waals surface area contributed by atoms with E-state index in [1.165, 1.54) is 0 Å². The molecule has 15 heavy (non-hydrogen) atoms. The van der Waals surface area contributed by atoms with Crippen molar-refractivity contribution in [1.29, 1.82) is 0 Å². The van der Waals surface area contributed by atoms with Crippen molar-refractivity contribution < 1.29 is 8.42 Å². The number of aryl methyl sites for hydroxylation is 1. The van der Waals surface area contributed by atoms with Crippen molar-refractivity contribution in [3.05, 3.63) is 35.4 Å². The van der Waals surface area contributed by atoms with E-state index in [0.29, 0.717) is 5.56 Å². The third-order valence-electron chi connectivity index (χ3n) is 2.24. The fourth-order valence-corrected chi connectivity index (χ4v) is 3.05. The summed E-state index contributed by atoms with van der Waals surface area (Å²) in [5.74, 6) is 3.97. The zero-order valence-corrected chi connectivity index (χ0v) is 9.85. The second-order valence-electron chi connectivity index (χ2n) is 3.39. The number of hydrogen-bond donors (Lipinski definition) is 1.